The number of rotatable bonds is 4. The van der Waals surface area contributed by atoms with Gasteiger partial charge in [-0.05, 0) is 24.0 Å². The topological polar surface area (TPSA) is 55.4 Å². The van der Waals surface area contributed by atoms with Gasteiger partial charge in [0.05, 0.1) is 6.61 Å². The molecule has 20 heavy (non-hydrogen) atoms. The SMILES string of the molecule is CCOC(=O)C1NC(=O)CC1c1ccc(C(C)C)cc1. The molecule has 2 rings (SSSR count). The fraction of sp³-hybridized carbons (Fsp3) is 0.500. The molecule has 108 valence electrons. The zero-order chi connectivity index (χ0) is 14.7. The van der Waals surface area contributed by atoms with Crippen molar-refractivity contribution >= 4 is 11.9 Å². The molecular formula is C16H21NO3. The molecule has 1 aromatic carbocycles. The van der Waals surface area contributed by atoms with Crippen LogP contribution in [-0.4, -0.2) is 24.5 Å². The minimum absolute atomic E-state index is 0.0963. The maximum atomic E-state index is 11.9. The van der Waals surface area contributed by atoms with E-state index in [0.29, 0.717) is 18.9 Å². The van der Waals surface area contributed by atoms with Crippen molar-refractivity contribution in [2.24, 2.45) is 0 Å². The molecule has 1 aliphatic rings. The number of hydrogen-bond donors (Lipinski definition) is 1. The number of nitrogens with one attached hydrogen (secondary N) is 1. The predicted octanol–water partition coefficient (Wildman–Crippen LogP) is 2.35. The van der Waals surface area contributed by atoms with E-state index in [9.17, 15) is 9.59 Å². The lowest BCUT2D eigenvalue weighted by Crippen LogP contribution is -2.37. The van der Waals surface area contributed by atoms with Crippen molar-refractivity contribution < 1.29 is 14.3 Å². The minimum atomic E-state index is -0.563. The van der Waals surface area contributed by atoms with E-state index in [1.54, 1.807) is 6.92 Å². The summed E-state index contributed by atoms with van der Waals surface area (Å²) < 4.78 is 5.03. The first-order valence-electron chi connectivity index (χ1n) is 7.08. The molecule has 0 spiro atoms. The van der Waals surface area contributed by atoms with Crippen LogP contribution in [0.3, 0.4) is 0 Å². The summed E-state index contributed by atoms with van der Waals surface area (Å²) in [6.07, 6.45) is 0.338. The number of hydrogen-bond acceptors (Lipinski definition) is 3. The molecule has 1 heterocycles. The van der Waals surface area contributed by atoms with Gasteiger partial charge < -0.3 is 10.1 Å². The van der Waals surface area contributed by atoms with Crippen LogP contribution in [0.1, 0.15) is 50.2 Å². The first kappa shape index (κ1) is 14.6. The highest BCUT2D eigenvalue weighted by atomic mass is 16.5. The van der Waals surface area contributed by atoms with Gasteiger partial charge in [0.1, 0.15) is 6.04 Å². The summed E-state index contributed by atoms with van der Waals surface area (Å²) in [4.78, 5) is 23.5. The van der Waals surface area contributed by atoms with Crippen molar-refractivity contribution in [2.45, 2.75) is 45.1 Å². The summed E-state index contributed by atoms with van der Waals surface area (Å²) in [6.45, 7) is 6.36. The summed E-state index contributed by atoms with van der Waals surface area (Å²) in [5.41, 5.74) is 2.25. The van der Waals surface area contributed by atoms with Crippen molar-refractivity contribution in [1.82, 2.24) is 5.32 Å². The first-order valence-corrected chi connectivity index (χ1v) is 7.08. The Labute approximate surface area is 119 Å². The Morgan fingerprint density at radius 2 is 2.00 bits per heavy atom. The van der Waals surface area contributed by atoms with Crippen LogP contribution < -0.4 is 5.32 Å². The van der Waals surface area contributed by atoms with E-state index in [1.165, 1.54) is 5.56 Å². The lowest BCUT2D eigenvalue weighted by Gasteiger charge is -2.18. The third-order valence-corrected chi connectivity index (χ3v) is 3.70. The fourth-order valence-corrected chi connectivity index (χ4v) is 2.54. The van der Waals surface area contributed by atoms with Crippen molar-refractivity contribution in [3.05, 3.63) is 35.4 Å². The second kappa shape index (κ2) is 6.07. The second-order valence-corrected chi connectivity index (χ2v) is 5.43. The Morgan fingerprint density at radius 3 is 2.55 bits per heavy atom. The first-order chi connectivity index (χ1) is 9.52. The van der Waals surface area contributed by atoms with E-state index < -0.39 is 6.04 Å². The molecule has 0 bridgehead atoms. The van der Waals surface area contributed by atoms with Gasteiger partial charge in [0.25, 0.3) is 0 Å². The van der Waals surface area contributed by atoms with E-state index in [-0.39, 0.29) is 17.8 Å². The molecule has 1 fully saturated rings. The van der Waals surface area contributed by atoms with E-state index in [1.807, 2.05) is 12.1 Å². The maximum absolute atomic E-state index is 11.9. The van der Waals surface area contributed by atoms with Gasteiger partial charge in [-0.25, -0.2) is 4.79 Å². The summed E-state index contributed by atoms with van der Waals surface area (Å²) >= 11 is 0. The number of amides is 1. The minimum Gasteiger partial charge on any atom is -0.464 e. The molecule has 1 aromatic rings. The monoisotopic (exact) mass is 275 g/mol. The van der Waals surface area contributed by atoms with Crippen molar-refractivity contribution in [1.29, 1.82) is 0 Å². The zero-order valence-corrected chi connectivity index (χ0v) is 12.2. The van der Waals surface area contributed by atoms with E-state index >= 15 is 0 Å². The lowest BCUT2D eigenvalue weighted by atomic mass is 9.90. The van der Waals surface area contributed by atoms with Gasteiger partial charge in [-0.1, -0.05) is 38.1 Å². The van der Waals surface area contributed by atoms with Gasteiger partial charge in [-0.3, -0.25) is 4.79 Å². The highest BCUT2D eigenvalue weighted by Crippen LogP contribution is 2.30. The molecule has 1 amide bonds. The van der Waals surface area contributed by atoms with Gasteiger partial charge in [0.2, 0.25) is 5.91 Å². The maximum Gasteiger partial charge on any atom is 0.329 e. The highest BCUT2D eigenvalue weighted by Gasteiger charge is 2.39. The predicted molar refractivity (Wildman–Crippen MR) is 76.5 cm³/mol. The number of carbonyl (C=O) groups is 2. The molecule has 1 N–H and O–H groups in total. The normalized spacial score (nSPS) is 21.9. The molecule has 2 unspecified atom stereocenters. The second-order valence-electron chi connectivity index (χ2n) is 5.43. The number of esters is 1. The molecular weight excluding hydrogens is 254 g/mol. The van der Waals surface area contributed by atoms with Crippen LogP contribution in [0.4, 0.5) is 0 Å². The summed E-state index contributed by atoms with van der Waals surface area (Å²) in [7, 11) is 0. The van der Waals surface area contributed by atoms with E-state index in [2.05, 4.69) is 31.3 Å². The Balaban J connectivity index is 2.20. The van der Waals surface area contributed by atoms with Crippen LogP contribution in [0.15, 0.2) is 24.3 Å². The number of benzene rings is 1. The molecule has 0 aromatic heterocycles. The van der Waals surface area contributed by atoms with Gasteiger partial charge in [0.15, 0.2) is 0 Å². The third kappa shape index (κ3) is 3.00. The van der Waals surface area contributed by atoms with Gasteiger partial charge >= 0.3 is 5.97 Å². The van der Waals surface area contributed by atoms with Gasteiger partial charge in [-0.15, -0.1) is 0 Å². The standard InChI is InChI=1S/C16H21NO3/c1-4-20-16(19)15-13(9-14(18)17-15)12-7-5-11(6-8-12)10(2)3/h5-8,10,13,15H,4,9H2,1-3H3,(H,17,18). The molecule has 0 aliphatic carbocycles. The van der Waals surface area contributed by atoms with Gasteiger partial charge in [-0.2, -0.15) is 0 Å². The Bertz CT molecular complexity index is 493. The zero-order valence-electron chi connectivity index (χ0n) is 12.2. The van der Waals surface area contributed by atoms with Crippen LogP contribution in [0, 0.1) is 0 Å². The summed E-state index contributed by atoms with van der Waals surface area (Å²) in [5.74, 6) is -0.117. The smallest absolute Gasteiger partial charge is 0.329 e. The number of carbonyl (C=O) groups excluding carboxylic acids is 2. The largest absolute Gasteiger partial charge is 0.464 e. The Kier molecular flexibility index (Phi) is 4.42. The number of ether oxygens (including phenoxy) is 1. The highest BCUT2D eigenvalue weighted by molar-refractivity contribution is 5.90. The average molecular weight is 275 g/mol. The van der Waals surface area contributed by atoms with E-state index in [0.717, 1.165) is 5.56 Å². The Morgan fingerprint density at radius 1 is 1.35 bits per heavy atom. The Hall–Kier alpha value is -1.84. The molecule has 4 nitrogen and oxygen atoms in total. The molecule has 0 saturated carbocycles. The molecule has 1 saturated heterocycles. The molecule has 1 aliphatic heterocycles. The van der Waals surface area contributed by atoms with Crippen LogP contribution in [-0.2, 0) is 14.3 Å². The lowest BCUT2D eigenvalue weighted by molar-refractivity contribution is -0.146. The molecule has 2 atom stereocenters. The van der Waals surface area contributed by atoms with Crippen LogP contribution >= 0.6 is 0 Å². The average Bonchev–Trinajstić information content (AvgIpc) is 2.81. The fourth-order valence-electron chi connectivity index (χ4n) is 2.54. The van der Waals surface area contributed by atoms with Gasteiger partial charge in [0, 0.05) is 12.3 Å². The summed E-state index contributed by atoms with van der Waals surface area (Å²) in [5, 5.41) is 2.71. The van der Waals surface area contributed by atoms with Crippen molar-refractivity contribution in [3.8, 4) is 0 Å². The third-order valence-electron chi connectivity index (χ3n) is 3.70. The van der Waals surface area contributed by atoms with E-state index in [4.69, 9.17) is 4.74 Å². The van der Waals surface area contributed by atoms with Crippen LogP contribution in [0.2, 0.25) is 0 Å². The molecule has 4 heteroatoms. The van der Waals surface area contributed by atoms with Crippen LogP contribution in [0.5, 0.6) is 0 Å². The van der Waals surface area contributed by atoms with Crippen molar-refractivity contribution in [2.75, 3.05) is 6.61 Å². The van der Waals surface area contributed by atoms with Crippen LogP contribution in [0.25, 0.3) is 0 Å². The van der Waals surface area contributed by atoms with Crippen molar-refractivity contribution in [3.63, 3.8) is 0 Å². The molecule has 0 radical (unpaired) electrons. The summed E-state index contributed by atoms with van der Waals surface area (Å²) in [6, 6.07) is 7.57. The quantitative estimate of drug-likeness (QED) is 0.858.